The molecule has 2 aromatic heterocycles. The predicted molar refractivity (Wildman–Crippen MR) is 116 cm³/mol. The van der Waals surface area contributed by atoms with E-state index in [2.05, 4.69) is 41.2 Å². The molecule has 0 spiro atoms. The van der Waals surface area contributed by atoms with Gasteiger partial charge in [-0.1, -0.05) is 29.8 Å². The van der Waals surface area contributed by atoms with Gasteiger partial charge in [0.2, 0.25) is 0 Å². The van der Waals surface area contributed by atoms with Gasteiger partial charge in [-0.25, -0.2) is 9.78 Å². The predicted octanol–water partition coefficient (Wildman–Crippen LogP) is 4.93. The molecular formula is C24H24N2O4. The topological polar surface area (TPSA) is 73.4 Å². The number of nitrogens with one attached hydrogen (secondary N) is 1. The van der Waals surface area contributed by atoms with Gasteiger partial charge in [-0.2, -0.15) is 0 Å². The molecule has 0 saturated carbocycles. The van der Waals surface area contributed by atoms with Crippen molar-refractivity contribution in [2.24, 2.45) is 0 Å². The summed E-state index contributed by atoms with van der Waals surface area (Å²) in [5.74, 6) is 0.300. The third-order valence-corrected chi connectivity index (χ3v) is 4.99. The highest BCUT2D eigenvalue weighted by Gasteiger charge is 2.20. The number of ether oxygens (including phenoxy) is 3. The second kappa shape index (κ2) is 8.55. The molecule has 6 nitrogen and oxygen atoms in total. The Kier molecular flexibility index (Phi) is 5.68. The fourth-order valence-electron chi connectivity index (χ4n) is 3.54. The average Bonchev–Trinajstić information content (AvgIpc) is 3.12. The Morgan fingerprint density at radius 2 is 1.87 bits per heavy atom. The van der Waals surface area contributed by atoms with Crippen LogP contribution < -0.4 is 4.74 Å². The first-order chi connectivity index (χ1) is 14.6. The molecule has 0 atom stereocenters. The van der Waals surface area contributed by atoms with Crippen molar-refractivity contribution >= 4 is 27.8 Å². The van der Waals surface area contributed by atoms with Crippen molar-refractivity contribution in [1.29, 1.82) is 0 Å². The lowest BCUT2D eigenvalue weighted by atomic mass is 10.1. The first-order valence-corrected chi connectivity index (χ1v) is 9.88. The third kappa shape index (κ3) is 3.86. The lowest BCUT2D eigenvalue weighted by Gasteiger charge is -2.10. The minimum Gasteiger partial charge on any atom is -0.489 e. The number of fused-ring (bicyclic) bond motifs is 3. The normalized spacial score (nSPS) is 11.2. The Morgan fingerprint density at radius 1 is 1.07 bits per heavy atom. The molecule has 0 aliphatic heterocycles. The molecule has 4 aromatic rings. The summed E-state index contributed by atoms with van der Waals surface area (Å²) in [6.07, 6.45) is 1.66. The largest absolute Gasteiger partial charge is 0.489 e. The lowest BCUT2D eigenvalue weighted by molar-refractivity contribution is 0.0514. The van der Waals surface area contributed by atoms with Crippen LogP contribution in [0.3, 0.4) is 0 Å². The van der Waals surface area contributed by atoms with Crippen LogP contribution in [-0.2, 0) is 22.7 Å². The summed E-state index contributed by atoms with van der Waals surface area (Å²) in [5.41, 5.74) is 5.08. The van der Waals surface area contributed by atoms with Crippen LogP contribution >= 0.6 is 0 Å². The lowest BCUT2D eigenvalue weighted by Crippen LogP contribution is -2.11. The summed E-state index contributed by atoms with van der Waals surface area (Å²) in [6, 6.07) is 14.2. The zero-order valence-electron chi connectivity index (χ0n) is 17.3. The van der Waals surface area contributed by atoms with Gasteiger partial charge in [0.1, 0.15) is 12.4 Å². The molecule has 0 saturated heterocycles. The third-order valence-electron chi connectivity index (χ3n) is 4.99. The van der Waals surface area contributed by atoms with Gasteiger partial charge in [0.05, 0.1) is 24.9 Å². The maximum atomic E-state index is 12.4. The Balaban J connectivity index is 1.75. The van der Waals surface area contributed by atoms with Gasteiger partial charge in [-0.05, 0) is 37.6 Å². The second-order valence-corrected chi connectivity index (χ2v) is 7.13. The quantitative estimate of drug-likeness (QED) is 0.442. The van der Waals surface area contributed by atoms with Crippen molar-refractivity contribution in [3.8, 4) is 5.75 Å². The molecule has 0 bridgehead atoms. The highest BCUT2D eigenvalue weighted by Crippen LogP contribution is 2.33. The average molecular weight is 404 g/mol. The summed E-state index contributed by atoms with van der Waals surface area (Å²) in [6.45, 7) is 4.85. The van der Waals surface area contributed by atoms with E-state index in [1.54, 1.807) is 20.2 Å². The molecular weight excluding hydrogens is 380 g/mol. The fourth-order valence-corrected chi connectivity index (χ4v) is 3.54. The summed E-state index contributed by atoms with van der Waals surface area (Å²) >= 11 is 0. The number of nitrogens with zero attached hydrogens (tertiary/aromatic N) is 1. The first-order valence-electron chi connectivity index (χ1n) is 9.88. The number of carbonyl (C=O) groups excluding carboxylic acids is 1. The smallest absolute Gasteiger partial charge is 0.357 e. The van der Waals surface area contributed by atoms with Gasteiger partial charge in [0.15, 0.2) is 5.69 Å². The van der Waals surface area contributed by atoms with Gasteiger partial charge in [-0.15, -0.1) is 0 Å². The van der Waals surface area contributed by atoms with Crippen LogP contribution in [-0.4, -0.2) is 29.7 Å². The Labute approximate surface area is 174 Å². The fraction of sp³-hybridized carbons (Fsp3) is 0.250. The molecule has 0 aliphatic rings. The van der Waals surface area contributed by atoms with E-state index in [0.717, 1.165) is 33.1 Å². The minimum absolute atomic E-state index is 0.250. The zero-order chi connectivity index (χ0) is 21.1. The molecule has 4 rings (SSSR count). The molecule has 6 heteroatoms. The summed E-state index contributed by atoms with van der Waals surface area (Å²) < 4.78 is 16.6. The molecule has 30 heavy (non-hydrogen) atoms. The van der Waals surface area contributed by atoms with E-state index in [9.17, 15) is 4.79 Å². The maximum Gasteiger partial charge on any atom is 0.357 e. The van der Waals surface area contributed by atoms with Gasteiger partial charge in [-0.3, -0.25) is 0 Å². The number of esters is 1. The van der Waals surface area contributed by atoms with Crippen molar-refractivity contribution in [3.05, 3.63) is 71.0 Å². The molecule has 0 fully saturated rings. The Bertz CT molecular complexity index is 1200. The molecule has 1 N–H and O–H groups in total. The van der Waals surface area contributed by atoms with E-state index in [4.69, 9.17) is 14.2 Å². The van der Waals surface area contributed by atoms with Crippen LogP contribution in [0, 0.1) is 6.92 Å². The van der Waals surface area contributed by atoms with E-state index in [-0.39, 0.29) is 18.9 Å². The van der Waals surface area contributed by atoms with E-state index in [0.29, 0.717) is 12.2 Å². The molecule has 0 aliphatic carbocycles. The SMILES string of the molecule is CCOC(=O)c1ncc2[nH]c3ccc(OCc4ccc(C)cc4)cc3c2c1COC. The standard InChI is InChI=1S/C24H24N2O4/c1-4-29-24(27)23-19(14-28-3)22-18-11-17(9-10-20(18)26-21(22)12-25-23)30-13-16-7-5-15(2)6-8-16/h5-12,26H,4,13-14H2,1-3H3. The number of aryl methyl sites for hydroxylation is 1. The maximum absolute atomic E-state index is 12.4. The number of pyridine rings is 1. The number of H-pyrrole nitrogens is 1. The number of aromatic nitrogens is 2. The highest BCUT2D eigenvalue weighted by molar-refractivity contribution is 6.11. The van der Waals surface area contributed by atoms with Crippen molar-refractivity contribution in [2.45, 2.75) is 27.1 Å². The number of rotatable bonds is 7. The second-order valence-electron chi connectivity index (χ2n) is 7.13. The van der Waals surface area contributed by atoms with Crippen molar-refractivity contribution < 1.29 is 19.0 Å². The molecule has 154 valence electrons. The van der Waals surface area contributed by atoms with Crippen LogP contribution in [0.15, 0.2) is 48.7 Å². The van der Waals surface area contributed by atoms with E-state index >= 15 is 0 Å². The van der Waals surface area contributed by atoms with Gasteiger partial charge in [0, 0.05) is 29.0 Å². The van der Waals surface area contributed by atoms with Crippen LogP contribution in [0.25, 0.3) is 21.8 Å². The number of hydrogen-bond acceptors (Lipinski definition) is 5. The summed E-state index contributed by atoms with van der Waals surface area (Å²) in [7, 11) is 1.60. The summed E-state index contributed by atoms with van der Waals surface area (Å²) in [5, 5.41) is 1.84. The van der Waals surface area contributed by atoms with Crippen molar-refractivity contribution in [1.82, 2.24) is 9.97 Å². The number of carbonyl (C=O) groups is 1. The Morgan fingerprint density at radius 3 is 2.60 bits per heavy atom. The molecule has 2 heterocycles. The van der Waals surface area contributed by atoms with Gasteiger partial charge >= 0.3 is 5.97 Å². The number of benzene rings is 2. The highest BCUT2D eigenvalue weighted by atomic mass is 16.5. The summed E-state index contributed by atoms with van der Waals surface area (Å²) in [4.78, 5) is 20.1. The van der Waals surface area contributed by atoms with Gasteiger partial charge in [0.25, 0.3) is 0 Å². The number of methoxy groups -OCH3 is 1. The monoisotopic (exact) mass is 404 g/mol. The molecule has 0 radical (unpaired) electrons. The molecule has 0 amide bonds. The van der Waals surface area contributed by atoms with Crippen LogP contribution in [0.1, 0.15) is 34.1 Å². The number of hydrogen-bond donors (Lipinski definition) is 1. The molecule has 2 aromatic carbocycles. The van der Waals surface area contributed by atoms with E-state index < -0.39 is 5.97 Å². The minimum atomic E-state index is -0.451. The number of aromatic amines is 1. The van der Waals surface area contributed by atoms with Crippen LogP contribution in [0.4, 0.5) is 0 Å². The van der Waals surface area contributed by atoms with E-state index in [1.165, 1.54) is 5.56 Å². The van der Waals surface area contributed by atoms with Crippen molar-refractivity contribution in [2.75, 3.05) is 13.7 Å². The van der Waals surface area contributed by atoms with Gasteiger partial charge < -0.3 is 19.2 Å². The van der Waals surface area contributed by atoms with E-state index in [1.807, 2.05) is 18.2 Å². The van der Waals surface area contributed by atoms with Crippen molar-refractivity contribution in [3.63, 3.8) is 0 Å². The van der Waals surface area contributed by atoms with Crippen LogP contribution in [0.5, 0.6) is 5.75 Å². The zero-order valence-corrected chi connectivity index (χ0v) is 17.3. The first kappa shape index (κ1) is 19.9. The Hall–Kier alpha value is -3.38. The molecule has 0 unspecified atom stereocenters. The van der Waals surface area contributed by atoms with Crippen LogP contribution in [0.2, 0.25) is 0 Å².